The number of nitrogens with zero attached hydrogens (tertiary/aromatic N) is 3. The highest BCUT2D eigenvalue weighted by Crippen LogP contribution is 2.29. The lowest BCUT2D eigenvalue weighted by Crippen LogP contribution is -2.51. The monoisotopic (exact) mass is 1300 g/mol. The number of hydrogen-bond donors (Lipinski definition) is 13. The van der Waals surface area contributed by atoms with Crippen LogP contribution in [0.1, 0.15) is 119 Å². The molecule has 1 saturated carbocycles. The fraction of sp³-hybridized carbons (Fsp3) is 0.569. The van der Waals surface area contributed by atoms with Crippen LogP contribution in [0.3, 0.4) is 0 Å². The van der Waals surface area contributed by atoms with E-state index in [2.05, 4.69) is 37.2 Å². The van der Waals surface area contributed by atoms with E-state index in [4.69, 9.17) is 5.11 Å². The maximum atomic E-state index is 14.1. The normalized spacial score (nSPS) is 17.3. The number of rotatable bonds is 39. The van der Waals surface area contributed by atoms with Crippen LogP contribution in [0.25, 0.3) is 10.8 Å². The molecular formula is C65H92N10O18. The van der Waals surface area contributed by atoms with Gasteiger partial charge in [-0.2, -0.15) is 0 Å². The van der Waals surface area contributed by atoms with Crippen LogP contribution in [-0.2, 0) is 65.6 Å². The summed E-state index contributed by atoms with van der Waals surface area (Å²) >= 11 is 0. The summed E-state index contributed by atoms with van der Waals surface area (Å²) in [6.07, 6.45) is 3.87. The summed E-state index contributed by atoms with van der Waals surface area (Å²) in [7, 11) is 0. The lowest BCUT2D eigenvalue weighted by atomic mass is 9.81. The van der Waals surface area contributed by atoms with E-state index in [9.17, 15) is 83.1 Å². The van der Waals surface area contributed by atoms with Gasteiger partial charge in [0.05, 0.1) is 13.1 Å². The first-order chi connectivity index (χ1) is 44.4. The Labute approximate surface area is 540 Å². The van der Waals surface area contributed by atoms with Crippen LogP contribution >= 0.6 is 0 Å². The molecule has 3 aromatic rings. The Morgan fingerprint density at radius 1 is 0.484 bits per heavy atom. The number of hydrogen-bond acceptors (Lipinski definition) is 15. The van der Waals surface area contributed by atoms with Gasteiger partial charge in [0.2, 0.25) is 29.5 Å². The molecule has 5 rings (SSSR count). The minimum atomic E-state index is -1.57. The molecule has 1 unspecified atom stereocenters. The van der Waals surface area contributed by atoms with Gasteiger partial charge in [-0.15, -0.1) is 0 Å². The van der Waals surface area contributed by atoms with Gasteiger partial charge in [-0.3, -0.25) is 57.9 Å². The Kier molecular flexibility index (Phi) is 31.9. The Hall–Kier alpha value is -8.76. The van der Waals surface area contributed by atoms with Gasteiger partial charge in [-0.25, -0.2) is 14.4 Å². The molecule has 28 nitrogen and oxygen atoms in total. The Morgan fingerprint density at radius 2 is 1.04 bits per heavy atom. The molecule has 0 bridgehead atoms. The maximum absolute atomic E-state index is 14.1. The predicted octanol–water partition coefficient (Wildman–Crippen LogP) is 2.57. The number of aryl methyl sites for hydroxylation is 2. The van der Waals surface area contributed by atoms with Gasteiger partial charge in [0.1, 0.15) is 30.2 Å². The van der Waals surface area contributed by atoms with Crippen molar-refractivity contribution in [2.24, 2.45) is 11.8 Å². The Bertz CT molecular complexity index is 2990. The zero-order chi connectivity index (χ0) is 67.8. The third-order valence-electron chi connectivity index (χ3n) is 16.9. The SMILES string of the molecule is Cc1ccc(CCCC(=O)NCCCC[C@H](NC(=O)CCC(C(=O)O)N2CCN(CC(=O)O)CCN(CC(=O)O)CC2)C(=O)NC[C@H]2CC[C@H](C(=O)N[C@H](Cc3ccc4ccccc4c3)C(=O)NCCCC[C@@H](NC(=O)N[C@H](CCC(=O)O)C(=O)O)C(=O)O)CC2)cc1. The number of urea groups is 1. The molecule has 28 heteroatoms. The summed E-state index contributed by atoms with van der Waals surface area (Å²) in [5.41, 5.74) is 3.06. The van der Waals surface area contributed by atoms with Crippen LogP contribution < -0.4 is 37.2 Å². The topological polar surface area (TPSA) is 420 Å². The highest BCUT2D eigenvalue weighted by Gasteiger charge is 2.33. The quantitative estimate of drug-likeness (QED) is 0.0365. The Balaban J connectivity index is 1.17. The molecule has 13 N–H and O–H groups in total. The highest BCUT2D eigenvalue weighted by molar-refractivity contribution is 5.90. The largest absolute Gasteiger partial charge is 0.481 e. The average molecular weight is 1300 g/mol. The number of amides is 7. The summed E-state index contributed by atoms with van der Waals surface area (Å²) in [5.74, 6) is -10.1. The zero-order valence-electron chi connectivity index (χ0n) is 52.8. The number of carboxylic acids is 6. The minimum absolute atomic E-state index is 0.0563. The number of carboxylic acid groups (broad SMARTS) is 6. The number of nitrogens with one attached hydrogen (secondary N) is 7. The van der Waals surface area contributed by atoms with Gasteiger partial charge in [0.25, 0.3) is 0 Å². The predicted molar refractivity (Wildman–Crippen MR) is 340 cm³/mol. The van der Waals surface area contributed by atoms with E-state index in [1.807, 2.05) is 73.7 Å². The van der Waals surface area contributed by atoms with Crippen LogP contribution in [0, 0.1) is 18.8 Å². The highest BCUT2D eigenvalue weighted by atomic mass is 16.4. The fourth-order valence-electron chi connectivity index (χ4n) is 11.5. The van der Waals surface area contributed by atoms with Crippen molar-refractivity contribution in [3.63, 3.8) is 0 Å². The van der Waals surface area contributed by atoms with Crippen LogP contribution in [0.15, 0.2) is 66.7 Å². The second kappa shape index (κ2) is 39.6. The van der Waals surface area contributed by atoms with Crippen molar-refractivity contribution >= 4 is 82.2 Å². The van der Waals surface area contributed by atoms with Crippen molar-refractivity contribution in [3.05, 3.63) is 83.4 Å². The molecule has 1 saturated heterocycles. The zero-order valence-corrected chi connectivity index (χ0v) is 52.8. The molecule has 1 aliphatic heterocycles. The number of unbranched alkanes of at least 4 members (excludes halogenated alkanes) is 2. The van der Waals surface area contributed by atoms with Crippen LogP contribution in [-0.4, -0.2) is 219 Å². The van der Waals surface area contributed by atoms with E-state index in [0.717, 1.165) is 33.9 Å². The number of carbonyl (C=O) groups is 12. The van der Waals surface area contributed by atoms with E-state index in [0.29, 0.717) is 57.9 Å². The van der Waals surface area contributed by atoms with E-state index < -0.39 is 109 Å². The van der Waals surface area contributed by atoms with Crippen molar-refractivity contribution < 1.29 is 88.2 Å². The summed E-state index contributed by atoms with van der Waals surface area (Å²) in [6, 6.07) is 14.2. The van der Waals surface area contributed by atoms with Crippen molar-refractivity contribution in [1.29, 1.82) is 0 Å². The summed E-state index contributed by atoms with van der Waals surface area (Å²) < 4.78 is 0. The smallest absolute Gasteiger partial charge is 0.326 e. The third kappa shape index (κ3) is 28.3. The standard InChI is InChI=1S/C65H92N10O18/c1-42-15-17-43(18-16-42)9-8-14-54(76)66-29-6-4-12-49(69-55(77)27-26-53(64(91)92)75-35-33-73(40-57(80)81)31-32-74(34-36-75)41-58(82)83)60(85)68-39-44-19-23-47(24-20-44)59(84)70-52(38-45-21-22-46-10-2-3-11-48(46)37-45)61(86)67-30-7-5-13-50(62(87)88)71-65(93)72-51(63(89)90)25-28-56(78)79/h2-3,10-11,15-18,21-22,37,44,47,49-53H,4-9,12-14,19-20,23-36,38-41H2,1H3,(H,66,76)(H,67,86)(H,68,85)(H,69,77)(H,70,84)(H,78,79)(H,80,81)(H,82,83)(H,87,88)(H,89,90)(H,91,92)(H2,71,72,93)/t44-,47-,49-,50+,51+,52+,53?/m0/s1. The first-order valence-electron chi connectivity index (χ1n) is 32.0. The molecule has 93 heavy (non-hydrogen) atoms. The van der Waals surface area contributed by atoms with Crippen LogP contribution in [0.4, 0.5) is 4.79 Å². The van der Waals surface area contributed by atoms with Crippen LogP contribution in [0.5, 0.6) is 0 Å². The van der Waals surface area contributed by atoms with Crippen molar-refractivity contribution in [2.45, 2.75) is 153 Å². The number of fused-ring (bicyclic) bond motifs is 1. The fourth-order valence-corrected chi connectivity index (χ4v) is 11.5. The number of aliphatic carboxylic acids is 6. The summed E-state index contributed by atoms with van der Waals surface area (Å²) in [4.78, 5) is 156. The van der Waals surface area contributed by atoms with Crippen molar-refractivity contribution in [1.82, 2.24) is 51.9 Å². The molecule has 1 heterocycles. The third-order valence-corrected chi connectivity index (χ3v) is 16.9. The second-order valence-corrected chi connectivity index (χ2v) is 24.1. The molecule has 5 atom stereocenters. The van der Waals surface area contributed by atoms with E-state index >= 15 is 0 Å². The Morgan fingerprint density at radius 3 is 1.63 bits per heavy atom. The van der Waals surface area contributed by atoms with Gasteiger partial charge in [-0.1, -0.05) is 72.3 Å². The van der Waals surface area contributed by atoms with Gasteiger partial charge in [0.15, 0.2) is 0 Å². The molecule has 0 radical (unpaired) electrons. The average Bonchev–Trinajstić information content (AvgIpc) is 3.68. The minimum Gasteiger partial charge on any atom is -0.481 e. The van der Waals surface area contributed by atoms with Gasteiger partial charge in [0, 0.05) is 90.5 Å². The van der Waals surface area contributed by atoms with Gasteiger partial charge in [-0.05, 0) is 125 Å². The van der Waals surface area contributed by atoms with Crippen LogP contribution in [0.2, 0.25) is 0 Å². The summed E-state index contributed by atoms with van der Waals surface area (Å²) in [6.45, 7) is 3.10. The lowest BCUT2D eigenvalue weighted by molar-refractivity contribution is -0.145. The summed E-state index contributed by atoms with van der Waals surface area (Å²) in [5, 5.41) is 78.2. The molecule has 3 aromatic carbocycles. The maximum Gasteiger partial charge on any atom is 0.326 e. The molecule has 510 valence electrons. The van der Waals surface area contributed by atoms with Gasteiger partial charge < -0.3 is 67.9 Å². The molecule has 2 fully saturated rings. The molecular weight excluding hydrogens is 1210 g/mol. The van der Waals surface area contributed by atoms with E-state index in [-0.39, 0.29) is 128 Å². The van der Waals surface area contributed by atoms with Gasteiger partial charge >= 0.3 is 41.8 Å². The molecule has 0 spiro atoms. The molecule has 0 aromatic heterocycles. The lowest BCUT2D eigenvalue weighted by Gasteiger charge is -2.30. The van der Waals surface area contributed by atoms with E-state index in [1.165, 1.54) is 0 Å². The first kappa shape index (κ1) is 75.0. The second-order valence-electron chi connectivity index (χ2n) is 24.1. The van der Waals surface area contributed by atoms with Crippen molar-refractivity contribution in [3.8, 4) is 0 Å². The molecule has 7 amide bonds. The van der Waals surface area contributed by atoms with Crippen molar-refractivity contribution in [2.75, 3.05) is 72.0 Å². The first-order valence-corrected chi connectivity index (χ1v) is 32.0. The number of benzene rings is 3. The number of carbonyl (C=O) groups excluding carboxylic acids is 6. The van der Waals surface area contributed by atoms with E-state index in [1.54, 1.807) is 14.7 Å². The molecule has 1 aliphatic carbocycles. The molecule has 2 aliphatic rings.